The van der Waals surface area contributed by atoms with Crippen LogP contribution in [-0.2, 0) is 4.79 Å². The Morgan fingerprint density at radius 2 is 2.25 bits per heavy atom. The monoisotopic (exact) mass is 368 g/mol. The minimum Gasteiger partial charge on any atom is -0.338 e. The molecule has 0 radical (unpaired) electrons. The predicted octanol–water partition coefficient (Wildman–Crippen LogP) is 2.82. The molecule has 1 saturated heterocycles. The molecule has 1 aliphatic rings. The number of nitrogens with zero attached hydrogens (tertiary/aromatic N) is 3. The van der Waals surface area contributed by atoms with Gasteiger partial charge in [0.05, 0.1) is 16.5 Å². The minimum atomic E-state index is -0.496. The van der Waals surface area contributed by atoms with Gasteiger partial charge in [0.1, 0.15) is 11.3 Å². The Labute approximate surface area is 146 Å². The van der Waals surface area contributed by atoms with Gasteiger partial charge in [0, 0.05) is 13.1 Å². The fourth-order valence-corrected chi connectivity index (χ4v) is 3.34. The smallest absolute Gasteiger partial charge is 0.255 e. The first-order chi connectivity index (χ1) is 11.5. The fourth-order valence-electron chi connectivity index (χ4n) is 2.64. The number of nitrogens with one attached hydrogen (secondary N) is 1. The molecule has 0 spiro atoms. The van der Waals surface area contributed by atoms with E-state index in [0.717, 1.165) is 6.07 Å². The van der Waals surface area contributed by atoms with Crippen LogP contribution in [-0.4, -0.2) is 40.0 Å². The van der Waals surface area contributed by atoms with Crippen LogP contribution in [0.15, 0.2) is 23.7 Å². The van der Waals surface area contributed by atoms with Crippen molar-refractivity contribution in [3.05, 3.63) is 40.1 Å². The normalized spacial score (nSPS) is 17.6. The molecule has 126 valence electrons. The summed E-state index contributed by atoms with van der Waals surface area (Å²) in [5.74, 6) is -1.31. The number of anilines is 1. The molecule has 0 saturated carbocycles. The zero-order chi connectivity index (χ0) is 17.1. The lowest BCUT2D eigenvalue weighted by Gasteiger charge is -2.32. The van der Waals surface area contributed by atoms with Crippen LogP contribution in [0.2, 0.25) is 5.02 Å². The summed E-state index contributed by atoms with van der Waals surface area (Å²) in [5.41, 5.74) is 1.77. The Morgan fingerprint density at radius 1 is 1.42 bits per heavy atom. The van der Waals surface area contributed by atoms with Gasteiger partial charge in [-0.05, 0) is 31.0 Å². The van der Waals surface area contributed by atoms with Gasteiger partial charge in [-0.15, -0.1) is 10.2 Å². The number of benzene rings is 1. The van der Waals surface area contributed by atoms with Crippen molar-refractivity contribution in [2.45, 2.75) is 12.8 Å². The SMILES string of the molecule is O=C(Nc1nncs1)[C@@H]1CCCN(C(=O)c2ccc(F)cc2Cl)C1. The number of amides is 2. The number of rotatable bonds is 3. The lowest BCUT2D eigenvalue weighted by Crippen LogP contribution is -2.43. The van der Waals surface area contributed by atoms with E-state index >= 15 is 0 Å². The summed E-state index contributed by atoms with van der Waals surface area (Å²) in [4.78, 5) is 26.5. The van der Waals surface area contributed by atoms with Gasteiger partial charge in [-0.1, -0.05) is 22.9 Å². The van der Waals surface area contributed by atoms with Crippen LogP contribution >= 0.6 is 22.9 Å². The highest BCUT2D eigenvalue weighted by atomic mass is 35.5. The summed E-state index contributed by atoms with van der Waals surface area (Å²) in [6.45, 7) is 0.826. The molecule has 1 fully saturated rings. The molecule has 3 rings (SSSR count). The largest absolute Gasteiger partial charge is 0.338 e. The lowest BCUT2D eigenvalue weighted by atomic mass is 9.96. The Bertz CT molecular complexity index is 756. The number of carbonyl (C=O) groups excluding carboxylic acids is 2. The second kappa shape index (κ2) is 7.23. The summed E-state index contributed by atoms with van der Waals surface area (Å²) < 4.78 is 13.1. The molecule has 0 unspecified atom stereocenters. The number of piperidine rings is 1. The Kier molecular flexibility index (Phi) is 5.06. The molecular weight excluding hydrogens is 355 g/mol. The highest BCUT2D eigenvalue weighted by molar-refractivity contribution is 7.13. The number of hydrogen-bond acceptors (Lipinski definition) is 5. The summed E-state index contributed by atoms with van der Waals surface area (Å²) in [6.07, 6.45) is 1.39. The van der Waals surface area contributed by atoms with Crippen molar-refractivity contribution in [3.8, 4) is 0 Å². The van der Waals surface area contributed by atoms with Crippen LogP contribution in [0.1, 0.15) is 23.2 Å². The summed E-state index contributed by atoms with van der Waals surface area (Å²) in [5, 5.41) is 10.6. The summed E-state index contributed by atoms with van der Waals surface area (Å²) in [6, 6.07) is 3.67. The number of carbonyl (C=O) groups is 2. The van der Waals surface area contributed by atoms with E-state index in [9.17, 15) is 14.0 Å². The van der Waals surface area contributed by atoms with Crippen molar-refractivity contribution in [1.82, 2.24) is 15.1 Å². The molecule has 9 heteroatoms. The van der Waals surface area contributed by atoms with E-state index in [1.54, 1.807) is 4.90 Å². The molecule has 24 heavy (non-hydrogen) atoms. The fraction of sp³-hybridized carbons (Fsp3) is 0.333. The molecule has 0 bridgehead atoms. The molecule has 2 aromatic rings. The molecule has 1 aromatic heterocycles. The molecule has 2 amide bonds. The van der Waals surface area contributed by atoms with E-state index in [0.29, 0.717) is 24.5 Å². The zero-order valence-electron chi connectivity index (χ0n) is 12.5. The van der Waals surface area contributed by atoms with Gasteiger partial charge in [0.15, 0.2) is 0 Å². The van der Waals surface area contributed by atoms with Crippen LogP contribution in [0.4, 0.5) is 9.52 Å². The van der Waals surface area contributed by atoms with E-state index in [1.807, 2.05) is 0 Å². The quantitative estimate of drug-likeness (QED) is 0.903. The average Bonchev–Trinajstić information content (AvgIpc) is 3.07. The lowest BCUT2D eigenvalue weighted by molar-refractivity contribution is -0.121. The maximum absolute atomic E-state index is 13.1. The number of halogens is 2. The van der Waals surface area contributed by atoms with Crippen molar-refractivity contribution in [2.75, 3.05) is 18.4 Å². The Balaban J connectivity index is 1.68. The van der Waals surface area contributed by atoms with Crippen molar-refractivity contribution in [1.29, 1.82) is 0 Å². The van der Waals surface area contributed by atoms with Crippen molar-refractivity contribution in [3.63, 3.8) is 0 Å². The molecule has 0 aliphatic carbocycles. The maximum atomic E-state index is 13.1. The predicted molar refractivity (Wildman–Crippen MR) is 88.6 cm³/mol. The number of likely N-dealkylation sites (tertiary alicyclic amines) is 1. The van der Waals surface area contributed by atoms with Crippen molar-refractivity contribution in [2.24, 2.45) is 5.92 Å². The molecule has 1 N–H and O–H groups in total. The van der Waals surface area contributed by atoms with Gasteiger partial charge in [-0.25, -0.2) is 4.39 Å². The molecule has 1 aromatic carbocycles. The number of hydrogen-bond donors (Lipinski definition) is 1. The Hall–Kier alpha value is -2.06. The molecule has 6 nitrogen and oxygen atoms in total. The first-order valence-electron chi connectivity index (χ1n) is 7.36. The van der Waals surface area contributed by atoms with Crippen molar-refractivity contribution < 1.29 is 14.0 Å². The third-order valence-corrected chi connectivity index (χ3v) is 4.75. The maximum Gasteiger partial charge on any atom is 0.255 e. The molecule has 1 atom stereocenters. The number of aromatic nitrogens is 2. The summed E-state index contributed by atoms with van der Waals surface area (Å²) >= 11 is 7.19. The van der Waals surface area contributed by atoms with Gasteiger partial charge in [-0.2, -0.15) is 0 Å². The average molecular weight is 369 g/mol. The van der Waals surface area contributed by atoms with Crippen LogP contribution in [0.25, 0.3) is 0 Å². The van der Waals surface area contributed by atoms with E-state index < -0.39 is 5.82 Å². The highest BCUT2D eigenvalue weighted by Crippen LogP contribution is 2.24. The Morgan fingerprint density at radius 3 is 2.96 bits per heavy atom. The van der Waals surface area contributed by atoms with Crippen LogP contribution < -0.4 is 5.32 Å². The van der Waals surface area contributed by atoms with Gasteiger partial charge in [0.25, 0.3) is 5.91 Å². The summed E-state index contributed by atoms with van der Waals surface area (Å²) in [7, 11) is 0. The van der Waals surface area contributed by atoms with Gasteiger partial charge < -0.3 is 10.2 Å². The van der Waals surface area contributed by atoms with E-state index in [1.165, 1.54) is 29.0 Å². The van der Waals surface area contributed by atoms with E-state index in [2.05, 4.69) is 15.5 Å². The van der Waals surface area contributed by atoms with Gasteiger partial charge in [0.2, 0.25) is 11.0 Å². The zero-order valence-corrected chi connectivity index (χ0v) is 14.1. The first kappa shape index (κ1) is 16.8. The first-order valence-corrected chi connectivity index (χ1v) is 8.61. The van der Waals surface area contributed by atoms with E-state index in [-0.39, 0.29) is 34.9 Å². The second-order valence-corrected chi connectivity index (χ2v) is 6.69. The standard InChI is InChI=1S/C15H14ClFN4O2S/c16-12-6-10(17)3-4-11(12)14(23)21-5-1-2-9(7-21)13(22)19-15-20-18-8-24-15/h3-4,6,8-9H,1-2,5,7H2,(H,19,20,22)/t9-/m1/s1. The van der Waals surface area contributed by atoms with Crippen LogP contribution in [0.5, 0.6) is 0 Å². The third kappa shape index (κ3) is 3.70. The van der Waals surface area contributed by atoms with Crippen LogP contribution in [0.3, 0.4) is 0 Å². The van der Waals surface area contributed by atoms with Gasteiger partial charge >= 0.3 is 0 Å². The minimum absolute atomic E-state index is 0.0698. The van der Waals surface area contributed by atoms with Gasteiger partial charge in [-0.3, -0.25) is 9.59 Å². The van der Waals surface area contributed by atoms with Crippen molar-refractivity contribution >= 4 is 39.9 Å². The topological polar surface area (TPSA) is 75.2 Å². The third-order valence-electron chi connectivity index (χ3n) is 3.83. The highest BCUT2D eigenvalue weighted by Gasteiger charge is 2.30. The molecule has 1 aliphatic heterocycles. The van der Waals surface area contributed by atoms with Crippen LogP contribution in [0, 0.1) is 11.7 Å². The second-order valence-electron chi connectivity index (χ2n) is 5.45. The molecular formula is C15H14ClFN4O2S. The molecule has 2 heterocycles. The van der Waals surface area contributed by atoms with E-state index in [4.69, 9.17) is 11.6 Å².